The molecule has 0 spiro atoms. The van der Waals surface area contributed by atoms with E-state index in [9.17, 15) is 9.59 Å². The van der Waals surface area contributed by atoms with E-state index >= 15 is 0 Å². The first-order chi connectivity index (χ1) is 13.0. The van der Waals surface area contributed by atoms with Gasteiger partial charge in [0, 0.05) is 18.7 Å². The molecule has 1 amide bonds. The predicted molar refractivity (Wildman–Crippen MR) is 101 cm³/mol. The van der Waals surface area contributed by atoms with Gasteiger partial charge in [-0.1, -0.05) is 17.7 Å². The molecule has 1 aromatic carbocycles. The summed E-state index contributed by atoms with van der Waals surface area (Å²) in [5.74, 6) is 0.973. The number of hydrogen-bond donors (Lipinski definition) is 0. The monoisotopic (exact) mass is 370 g/mol. The minimum atomic E-state index is -0.153. The van der Waals surface area contributed by atoms with Gasteiger partial charge in [-0.25, -0.2) is 4.98 Å². The molecule has 1 aliphatic rings. The van der Waals surface area contributed by atoms with Crippen molar-refractivity contribution in [3.8, 4) is 11.5 Å². The maximum atomic E-state index is 12.6. The molecule has 144 valence electrons. The minimum absolute atomic E-state index is 0.0181. The Balaban J connectivity index is 1.61. The second kappa shape index (κ2) is 8.37. The van der Waals surface area contributed by atoms with Crippen molar-refractivity contribution in [2.24, 2.45) is 5.92 Å². The zero-order valence-corrected chi connectivity index (χ0v) is 16.2. The first-order valence-electron chi connectivity index (χ1n) is 9.45. The van der Waals surface area contributed by atoms with Gasteiger partial charge in [-0.15, -0.1) is 0 Å². The highest BCUT2D eigenvalue weighted by atomic mass is 16.5. The Bertz CT molecular complexity index is 819. The molecule has 1 aromatic heterocycles. The van der Waals surface area contributed by atoms with E-state index in [2.05, 4.69) is 4.98 Å². The van der Waals surface area contributed by atoms with Crippen molar-refractivity contribution in [3.05, 3.63) is 41.3 Å². The lowest BCUT2D eigenvalue weighted by molar-refractivity contribution is -0.151. The number of carbonyl (C=O) groups is 2. The number of benzene rings is 1. The molecule has 0 radical (unpaired) electrons. The van der Waals surface area contributed by atoms with Crippen molar-refractivity contribution in [2.75, 3.05) is 19.7 Å². The number of amides is 1. The zero-order valence-electron chi connectivity index (χ0n) is 16.2. The van der Waals surface area contributed by atoms with Crippen LogP contribution in [0.4, 0.5) is 0 Å². The summed E-state index contributed by atoms with van der Waals surface area (Å²) < 4.78 is 10.9. The second-order valence-corrected chi connectivity index (χ2v) is 6.98. The van der Waals surface area contributed by atoms with Gasteiger partial charge in [0.15, 0.2) is 0 Å². The molecule has 1 aliphatic heterocycles. The van der Waals surface area contributed by atoms with Crippen LogP contribution < -0.4 is 0 Å². The Kier molecular flexibility index (Phi) is 5.94. The van der Waals surface area contributed by atoms with E-state index < -0.39 is 0 Å². The van der Waals surface area contributed by atoms with Crippen molar-refractivity contribution >= 4 is 11.9 Å². The van der Waals surface area contributed by atoms with Gasteiger partial charge in [0.05, 0.1) is 24.6 Å². The topological polar surface area (TPSA) is 72.6 Å². The van der Waals surface area contributed by atoms with Crippen molar-refractivity contribution in [1.29, 1.82) is 0 Å². The van der Waals surface area contributed by atoms with Crippen molar-refractivity contribution in [2.45, 2.75) is 40.0 Å². The summed E-state index contributed by atoms with van der Waals surface area (Å²) in [4.78, 5) is 30.8. The summed E-state index contributed by atoms with van der Waals surface area (Å²) in [5.41, 5.74) is 2.71. The van der Waals surface area contributed by atoms with Crippen LogP contribution in [0.2, 0.25) is 0 Å². The number of hydrogen-bond acceptors (Lipinski definition) is 5. The Morgan fingerprint density at radius 1 is 1.26 bits per heavy atom. The summed E-state index contributed by atoms with van der Waals surface area (Å²) in [6.45, 7) is 7.20. The first-order valence-corrected chi connectivity index (χ1v) is 9.45. The third-order valence-corrected chi connectivity index (χ3v) is 4.94. The Labute approximate surface area is 159 Å². The number of aryl methyl sites for hydroxylation is 2. The Hall–Kier alpha value is -2.63. The number of ether oxygens (including phenoxy) is 1. The van der Waals surface area contributed by atoms with E-state index in [0.717, 1.165) is 11.1 Å². The number of aromatic nitrogens is 1. The van der Waals surface area contributed by atoms with Crippen LogP contribution in [0.3, 0.4) is 0 Å². The van der Waals surface area contributed by atoms with Gasteiger partial charge in [0.2, 0.25) is 11.8 Å². The normalized spacial score (nSPS) is 15.0. The third-order valence-electron chi connectivity index (χ3n) is 4.94. The lowest BCUT2D eigenvalue weighted by atomic mass is 9.96. The average molecular weight is 370 g/mol. The van der Waals surface area contributed by atoms with Gasteiger partial charge >= 0.3 is 5.97 Å². The van der Waals surface area contributed by atoms with Gasteiger partial charge < -0.3 is 14.1 Å². The van der Waals surface area contributed by atoms with Crippen LogP contribution in [0.15, 0.2) is 28.7 Å². The molecule has 0 saturated carbocycles. The molecule has 0 unspecified atom stereocenters. The van der Waals surface area contributed by atoms with E-state index in [1.54, 1.807) is 4.90 Å². The fraction of sp³-hybridized carbons (Fsp3) is 0.476. The fourth-order valence-electron chi connectivity index (χ4n) is 3.37. The van der Waals surface area contributed by atoms with E-state index in [-0.39, 0.29) is 24.2 Å². The quantitative estimate of drug-likeness (QED) is 0.755. The van der Waals surface area contributed by atoms with E-state index in [1.165, 1.54) is 0 Å². The molecule has 1 fully saturated rings. The summed E-state index contributed by atoms with van der Waals surface area (Å²) >= 11 is 0. The number of piperidine rings is 1. The Morgan fingerprint density at radius 3 is 2.67 bits per heavy atom. The van der Waals surface area contributed by atoms with Gasteiger partial charge in [-0.3, -0.25) is 9.59 Å². The third kappa shape index (κ3) is 4.56. The first kappa shape index (κ1) is 19.1. The Morgan fingerprint density at radius 2 is 2.00 bits per heavy atom. The smallest absolute Gasteiger partial charge is 0.309 e. The maximum Gasteiger partial charge on any atom is 0.309 e. The summed E-state index contributed by atoms with van der Waals surface area (Å²) in [6, 6.07) is 7.94. The number of rotatable bonds is 5. The molecule has 3 rings (SSSR count). The lowest BCUT2D eigenvalue weighted by Gasteiger charge is -2.30. The summed E-state index contributed by atoms with van der Waals surface area (Å²) in [6.07, 6.45) is 1.51. The molecule has 6 heteroatoms. The second-order valence-electron chi connectivity index (χ2n) is 6.98. The number of carbonyl (C=O) groups excluding carboxylic acids is 2. The van der Waals surface area contributed by atoms with Gasteiger partial charge in [0.1, 0.15) is 5.76 Å². The van der Waals surface area contributed by atoms with E-state index in [1.807, 2.05) is 45.0 Å². The maximum absolute atomic E-state index is 12.6. The highest BCUT2D eigenvalue weighted by molar-refractivity contribution is 5.79. The molecule has 0 atom stereocenters. The standard InChI is InChI=1S/C21H26N2O4/c1-4-26-21(25)16-8-10-23(11-9-16)19(24)13-18-15(3)27-20(22-18)17-7-5-6-14(2)12-17/h5-7,12,16H,4,8-11,13H2,1-3H3. The molecule has 0 N–H and O–H groups in total. The average Bonchev–Trinajstić information content (AvgIpc) is 3.02. The molecule has 2 aromatic rings. The van der Waals surface area contributed by atoms with Crippen LogP contribution in [-0.2, 0) is 20.7 Å². The van der Waals surface area contributed by atoms with Crippen LogP contribution in [0, 0.1) is 19.8 Å². The van der Waals surface area contributed by atoms with Crippen molar-refractivity contribution in [1.82, 2.24) is 9.88 Å². The van der Waals surface area contributed by atoms with E-state index in [4.69, 9.17) is 9.15 Å². The molecule has 1 saturated heterocycles. The zero-order chi connectivity index (χ0) is 19.4. The number of oxazole rings is 1. The van der Waals surface area contributed by atoms with Crippen molar-refractivity contribution < 1.29 is 18.7 Å². The summed E-state index contributed by atoms with van der Waals surface area (Å²) in [7, 11) is 0. The summed E-state index contributed by atoms with van der Waals surface area (Å²) in [5, 5.41) is 0. The van der Waals surface area contributed by atoms with Crippen LogP contribution in [-0.4, -0.2) is 41.5 Å². The van der Waals surface area contributed by atoms with Crippen LogP contribution in [0.5, 0.6) is 0 Å². The number of likely N-dealkylation sites (tertiary alicyclic amines) is 1. The minimum Gasteiger partial charge on any atom is -0.466 e. The van der Waals surface area contributed by atoms with E-state index in [0.29, 0.717) is 49.9 Å². The molecule has 27 heavy (non-hydrogen) atoms. The van der Waals surface area contributed by atoms with Gasteiger partial charge in [0.25, 0.3) is 0 Å². The lowest BCUT2D eigenvalue weighted by Crippen LogP contribution is -2.41. The molecule has 0 aliphatic carbocycles. The van der Waals surface area contributed by atoms with Gasteiger partial charge in [-0.05, 0) is 45.7 Å². The molecule has 2 heterocycles. The van der Waals surface area contributed by atoms with Crippen molar-refractivity contribution in [3.63, 3.8) is 0 Å². The fourth-order valence-corrected chi connectivity index (χ4v) is 3.37. The largest absolute Gasteiger partial charge is 0.466 e. The molecular formula is C21H26N2O4. The molecular weight excluding hydrogens is 344 g/mol. The molecule has 6 nitrogen and oxygen atoms in total. The number of nitrogens with zero attached hydrogens (tertiary/aromatic N) is 2. The number of esters is 1. The SMILES string of the molecule is CCOC(=O)C1CCN(C(=O)Cc2nc(-c3cccc(C)c3)oc2C)CC1. The molecule has 0 bridgehead atoms. The van der Waals surface area contributed by atoms with Crippen LogP contribution >= 0.6 is 0 Å². The van der Waals surface area contributed by atoms with Gasteiger partial charge in [-0.2, -0.15) is 0 Å². The highest BCUT2D eigenvalue weighted by Gasteiger charge is 2.28. The highest BCUT2D eigenvalue weighted by Crippen LogP contribution is 2.24. The van der Waals surface area contributed by atoms with Crippen LogP contribution in [0.1, 0.15) is 36.8 Å². The van der Waals surface area contributed by atoms with Crippen LogP contribution in [0.25, 0.3) is 11.5 Å². The predicted octanol–water partition coefficient (Wildman–Crippen LogP) is 3.30.